The van der Waals surface area contributed by atoms with Gasteiger partial charge in [0.25, 0.3) is 5.91 Å². The molecular formula is C17H16ClNO2. The number of benzene rings is 2. The Hall–Kier alpha value is -1.84. The molecule has 3 rings (SSSR count). The van der Waals surface area contributed by atoms with Crippen LogP contribution in [-0.2, 0) is 6.42 Å². The van der Waals surface area contributed by atoms with Crippen molar-refractivity contribution in [2.45, 2.75) is 25.5 Å². The number of hydrogen-bond acceptors (Lipinski definition) is 2. The maximum atomic E-state index is 12.3. The molecule has 0 saturated carbocycles. The number of aliphatic hydroxyl groups is 1. The molecule has 0 aliphatic heterocycles. The Morgan fingerprint density at radius 1 is 1.29 bits per heavy atom. The fraction of sp³-hybridized carbons (Fsp3) is 0.235. The highest BCUT2D eigenvalue weighted by Crippen LogP contribution is 2.31. The quantitative estimate of drug-likeness (QED) is 0.896. The molecule has 2 aromatic rings. The molecule has 3 nitrogen and oxygen atoms in total. The van der Waals surface area contributed by atoms with Crippen molar-refractivity contribution >= 4 is 17.5 Å². The van der Waals surface area contributed by atoms with E-state index < -0.39 is 6.10 Å². The number of aryl methyl sites for hydroxylation is 1. The molecule has 0 saturated heterocycles. The summed E-state index contributed by atoms with van der Waals surface area (Å²) >= 11 is 6.05. The molecule has 4 heteroatoms. The van der Waals surface area contributed by atoms with Gasteiger partial charge in [-0.1, -0.05) is 41.9 Å². The highest BCUT2D eigenvalue weighted by Gasteiger charge is 2.32. The third-order valence-electron chi connectivity index (χ3n) is 3.92. The zero-order chi connectivity index (χ0) is 15.0. The van der Waals surface area contributed by atoms with Crippen molar-refractivity contribution in [2.24, 2.45) is 0 Å². The van der Waals surface area contributed by atoms with Gasteiger partial charge in [-0.15, -0.1) is 0 Å². The van der Waals surface area contributed by atoms with E-state index in [1.54, 1.807) is 12.1 Å². The molecule has 0 fully saturated rings. The Morgan fingerprint density at radius 2 is 2.05 bits per heavy atom. The molecule has 1 amide bonds. The van der Waals surface area contributed by atoms with E-state index in [0.29, 0.717) is 17.0 Å². The van der Waals surface area contributed by atoms with Crippen LogP contribution in [0.15, 0.2) is 42.5 Å². The average Bonchev–Trinajstić information content (AvgIpc) is 2.78. The summed E-state index contributed by atoms with van der Waals surface area (Å²) in [6.07, 6.45) is -0.0252. The molecule has 0 heterocycles. The molecule has 2 N–H and O–H groups in total. The molecular weight excluding hydrogens is 286 g/mol. The minimum Gasteiger partial charge on any atom is -0.390 e. The van der Waals surface area contributed by atoms with Crippen LogP contribution in [0.3, 0.4) is 0 Å². The van der Waals surface area contributed by atoms with Crippen LogP contribution in [-0.4, -0.2) is 17.1 Å². The van der Waals surface area contributed by atoms with Gasteiger partial charge in [0.05, 0.1) is 12.1 Å². The zero-order valence-corrected chi connectivity index (χ0v) is 12.4. The van der Waals surface area contributed by atoms with Crippen LogP contribution in [0.25, 0.3) is 0 Å². The standard InChI is InChI=1S/C17H16ClNO2/c1-10-6-7-12(8-14(10)18)17(21)19-16-13-5-3-2-4-11(13)9-15(16)20/h2-8,15-16,20H,9H2,1H3,(H,19,21). The van der Waals surface area contributed by atoms with Crippen molar-refractivity contribution in [1.82, 2.24) is 5.32 Å². The van der Waals surface area contributed by atoms with Gasteiger partial charge in [0.2, 0.25) is 0 Å². The van der Waals surface area contributed by atoms with Gasteiger partial charge in [0.1, 0.15) is 0 Å². The topological polar surface area (TPSA) is 49.3 Å². The molecule has 2 aromatic carbocycles. The van der Waals surface area contributed by atoms with E-state index in [9.17, 15) is 9.90 Å². The molecule has 0 radical (unpaired) electrons. The van der Waals surface area contributed by atoms with Crippen molar-refractivity contribution < 1.29 is 9.90 Å². The molecule has 2 unspecified atom stereocenters. The second-order valence-corrected chi connectivity index (χ2v) is 5.79. The maximum absolute atomic E-state index is 12.3. The number of halogens is 1. The normalized spacial score (nSPS) is 20.1. The van der Waals surface area contributed by atoms with E-state index >= 15 is 0 Å². The minimum absolute atomic E-state index is 0.224. The first-order valence-electron chi connectivity index (χ1n) is 6.89. The van der Waals surface area contributed by atoms with Gasteiger partial charge in [-0.3, -0.25) is 4.79 Å². The Labute approximate surface area is 128 Å². The van der Waals surface area contributed by atoms with Gasteiger partial charge in [0.15, 0.2) is 0 Å². The number of carbonyl (C=O) groups is 1. The molecule has 21 heavy (non-hydrogen) atoms. The second kappa shape index (κ2) is 5.51. The summed E-state index contributed by atoms with van der Waals surface area (Å²) in [4.78, 5) is 12.3. The van der Waals surface area contributed by atoms with Gasteiger partial charge < -0.3 is 10.4 Å². The summed E-state index contributed by atoms with van der Waals surface area (Å²) < 4.78 is 0. The van der Waals surface area contributed by atoms with Crippen LogP contribution >= 0.6 is 11.6 Å². The predicted octanol–water partition coefficient (Wildman–Crippen LogP) is 3.04. The van der Waals surface area contributed by atoms with Crippen LogP contribution in [0.2, 0.25) is 5.02 Å². The fourth-order valence-electron chi connectivity index (χ4n) is 2.71. The first kappa shape index (κ1) is 14.1. The van der Waals surface area contributed by atoms with Gasteiger partial charge in [-0.05, 0) is 35.7 Å². The summed E-state index contributed by atoms with van der Waals surface area (Å²) in [7, 11) is 0. The number of fused-ring (bicyclic) bond motifs is 1. The van der Waals surface area contributed by atoms with Crippen LogP contribution in [0.1, 0.15) is 33.1 Å². The molecule has 0 spiro atoms. The van der Waals surface area contributed by atoms with Crippen LogP contribution in [0.5, 0.6) is 0 Å². The van der Waals surface area contributed by atoms with E-state index in [0.717, 1.165) is 16.7 Å². The number of aliphatic hydroxyl groups excluding tert-OH is 1. The number of hydrogen-bond donors (Lipinski definition) is 2. The first-order valence-corrected chi connectivity index (χ1v) is 7.27. The molecule has 1 aliphatic carbocycles. The Bertz CT molecular complexity index is 699. The van der Waals surface area contributed by atoms with E-state index in [2.05, 4.69) is 5.32 Å². The smallest absolute Gasteiger partial charge is 0.251 e. The summed E-state index contributed by atoms with van der Waals surface area (Å²) in [5.74, 6) is -0.224. The fourth-order valence-corrected chi connectivity index (χ4v) is 2.89. The Morgan fingerprint density at radius 3 is 2.81 bits per heavy atom. The van der Waals surface area contributed by atoms with Crippen molar-refractivity contribution in [3.8, 4) is 0 Å². The summed E-state index contributed by atoms with van der Waals surface area (Å²) in [6.45, 7) is 1.89. The largest absolute Gasteiger partial charge is 0.390 e. The third-order valence-corrected chi connectivity index (χ3v) is 4.33. The number of carbonyl (C=O) groups excluding carboxylic acids is 1. The maximum Gasteiger partial charge on any atom is 0.251 e. The summed E-state index contributed by atoms with van der Waals surface area (Å²) in [5.41, 5.74) is 3.50. The lowest BCUT2D eigenvalue weighted by Gasteiger charge is -2.18. The SMILES string of the molecule is Cc1ccc(C(=O)NC2c3ccccc3CC2O)cc1Cl. The lowest BCUT2D eigenvalue weighted by atomic mass is 10.1. The average molecular weight is 302 g/mol. The lowest BCUT2D eigenvalue weighted by Crippen LogP contribution is -2.33. The van der Waals surface area contributed by atoms with Crippen LogP contribution in [0, 0.1) is 6.92 Å². The lowest BCUT2D eigenvalue weighted by molar-refractivity contribution is 0.0858. The predicted molar refractivity (Wildman–Crippen MR) is 82.5 cm³/mol. The van der Waals surface area contributed by atoms with Crippen molar-refractivity contribution in [2.75, 3.05) is 0 Å². The van der Waals surface area contributed by atoms with Crippen LogP contribution in [0.4, 0.5) is 0 Å². The summed E-state index contributed by atoms with van der Waals surface area (Å²) in [6, 6.07) is 12.6. The molecule has 108 valence electrons. The first-order chi connectivity index (χ1) is 10.1. The van der Waals surface area contributed by atoms with Gasteiger partial charge in [-0.2, -0.15) is 0 Å². The highest BCUT2D eigenvalue weighted by atomic mass is 35.5. The molecule has 0 bridgehead atoms. The zero-order valence-electron chi connectivity index (χ0n) is 11.6. The number of amides is 1. The molecule has 0 aromatic heterocycles. The highest BCUT2D eigenvalue weighted by molar-refractivity contribution is 6.31. The van der Waals surface area contributed by atoms with Crippen molar-refractivity contribution in [1.29, 1.82) is 0 Å². The minimum atomic E-state index is -0.590. The van der Waals surface area contributed by atoms with Crippen LogP contribution < -0.4 is 5.32 Å². The van der Waals surface area contributed by atoms with Gasteiger partial charge in [0, 0.05) is 17.0 Å². The van der Waals surface area contributed by atoms with Crippen molar-refractivity contribution in [3.63, 3.8) is 0 Å². The van der Waals surface area contributed by atoms with E-state index in [1.165, 1.54) is 0 Å². The van der Waals surface area contributed by atoms with E-state index in [1.807, 2.05) is 37.3 Å². The monoisotopic (exact) mass is 301 g/mol. The molecule has 1 aliphatic rings. The second-order valence-electron chi connectivity index (χ2n) is 5.39. The number of nitrogens with one attached hydrogen (secondary N) is 1. The van der Waals surface area contributed by atoms with E-state index in [-0.39, 0.29) is 11.9 Å². The van der Waals surface area contributed by atoms with E-state index in [4.69, 9.17) is 11.6 Å². The third kappa shape index (κ3) is 2.67. The van der Waals surface area contributed by atoms with Gasteiger partial charge in [-0.25, -0.2) is 0 Å². The number of rotatable bonds is 2. The Kier molecular flexibility index (Phi) is 3.70. The van der Waals surface area contributed by atoms with Gasteiger partial charge >= 0.3 is 0 Å². The summed E-state index contributed by atoms with van der Waals surface area (Å²) in [5, 5.41) is 13.6. The molecule has 2 atom stereocenters. The Balaban J connectivity index is 1.83. The van der Waals surface area contributed by atoms with Crippen molar-refractivity contribution in [3.05, 3.63) is 69.7 Å².